The highest BCUT2D eigenvalue weighted by Gasteiger charge is 2.23. The molecule has 1 heterocycles. The van der Waals surface area contributed by atoms with E-state index < -0.39 is 15.8 Å². The molecule has 0 bridgehead atoms. The number of nitrogens with one attached hydrogen (secondary N) is 1. The van der Waals surface area contributed by atoms with E-state index in [-0.39, 0.29) is 4.90 Å². The Hall–Kier alpha value is -1.92. The van der Waals surface area contributed by atoms with E-state index in [9.17, 15) is 12.8 Å². The van der Waals surface area contributed by atoms with Crippen LogP contribution in [0.15, 0.2) is 47.4 Å². The molecule has 0 fully saturated rings. The summed E-state index contributed by atoms with van der Waals surface area (Å²) in [5.41, 5.74) is 2.73. The SMILES string of the molecule is CCCCN1Cc2cccc(NS(=O)(=O)c3cccc(F)c3)c2C1. The van der Waals surface area contributed by atoms with E-state index in [1.807, 2.05) is 12.1 Å². The topological polar surface area (TPSA) is 49.4 Å². The van der Waals surface area contributed by atoms with E-state index in [0.717, 1.165) is 49.7 Å². The van der Waals surface area contributed by atoms with Crippen LogP contribution in [0, 0.1) is 5.82 Å². The zero-order valence-electron chi connectivity index (χ0n) is 13.6. The van der Waals surface area contributed by atoms with Crippen molar-refractivity contribution in [1.82, 2.24) is 4.90 Å². The molecule has 24 heavy (non-hydrogen) atoms. The fraction of sp³-hybridized carbons (Fsp3) is 0.333. The van der Waals surface area contributed by atoms with E-state index in [1.165, 1.54) is 18.2 Å². The lowest BCUT2D eigenvalue weighted by molar-refractivity contribution is 0.279. The monoisotopic (exact) mass is 348 g/mol. The molecule has 4 nitrogen and oxygen atoms in total. The van der Waals surface area contributed by atoms with Crippen molar-refractivity contribution in [2.75, 3.05) is 11.3 Å². The number of anilines is 1. The average molecular weight is 348 g/mol. The van der Waals surface area contributed by atoms with Gasteiger partial charge in [-0.25, -0.2) is 12.8 Å². The van der Waals surface area contributed by atoms with Gasteiger partial charge in [-0.15, -0.1) is 0 Å². The minimum absolute atomic E-state index is 0.0686. The zero-order chi connectivity index (χ0) is 17.2. The molecule has 0 saturated carbocycles. The van der Waals surface area contributed by atoms with Crippen LogP contribution in [-0.4, -0.2) is 19.9 Å². The van der Waals surface area contributed by atoms with E-state index in [0.29, 0.717) is 5.69 Å². The molecule has 0 aliphatic carbocycles. The van der Waals surface area contributed by atoms with Crippen LogP contribution in [0.2, 0.25) is 0 Å². The van der Waals surface area contributed by atoms with Crippen LogP contribution in [0.5, 0.6) is 0 Å². The third kappa shape index (κ3) is 3.60. The summed E-state index contributed by atoms with van der Waals surface area (Å²) in [6.07, 6.45) is 2.25. The molecule has 0 saturated heterocycles. The lowest BCUT2D eigenvalue weighted by atomic mass is 10.1. The van der Waals surface area contributed by atoms with Gasteiger partial charge in [-0.05, 0) is 48.4 Å². The minimum Gasteiger partial charge on any atom is -0.295 e. The Morgan fingerprint density at radius 2 is 1.96 bits per heavy atom. The predicted molar refractivity (Wildman–Crippen MR) is 92.7 cm³/mol. The molecule has 0 aromatic heterocycles. The van der Waals surface area contributed by atoms with E-state index in [4.69, 9.17) is 0 Å². The molecule has 0 unspecified atom stereocenters. The molecule has 0 spiro atoms. The molecule has 0 amide bonds. The van der Waals surface area contributed by atoms with Crippen molar-refractivity contribution in [3.63, 3.8) is 0 Å². The number of halogens is 1. The number of fused-ring (bicyclic) bond motifs is 1. The number of nitrogens with zero attached hydrogens (tertiary/aromatic N) is 1. The molecule has 2 aromatic carbocycles. The third-order valence-corrected chi connectivity index (χ3v) is 5.59. The lowest BCUT2D eigenvalue weighted by Gasteiger charge is -2.14. The van der Waals surface area contributed by atoms with Gasteiger partial charge in [0.2, 0.25) is 0 Å². The van der Waals surface area contributed by atoms with Gasteiger partial charge in [0, 0.05) is 13.1 Å². The first kappa shape index (κ1) is 16.9. The average Bonchev–Trinajstić information content (AvgIpc) is 2.97. The maximum atomic E-state index is 13.3. The summed E-state index contributed by atoms with van der Waals surface area (Å²) >= 11 is 0. The van der Waals surface area contributed by atoms with Gasteiger partial charge >= 0.3 is 0 Å². The van der Waals surface area contributed by atoms with Crippen LogP contribution in [0.25, 0.3) is 0 Å². The van der Waals surface area contributed by atoms with Gasteiger partial charge in [0.1, 0.15) is 5.82 Å². The number of rotatable bonds is 6. The minimum atomic E-state index is -3.80. The smallest absolute Gasteiger partial charge is 0.262 e. The van der Waals surface area contributed by atoms with Crippen LogP contribution in [0.3, 0.4) is 0 Å². The molecule has 128 valence electrons. The molecule has 3 rings (SSSR count). The Kier molecular flexibility index (Phi) is 4.87. The first-order valence-electron chi connectivity index (χ1n) is 8.11. The number of benzene rings is 2. The summed E-state index contributed by atoms with van der Waals surface area (Å²) in [6.45, 7) is 4.73. The second-order valence-electron chi connectivity index (χ2n) is 6.07. The zero-order valence-corrected chi connectivity index (χ0v) is 14.4. The predicted octanol–water partition coefficient (Wildman–Crippen LogP) is 3.74. The van der Waals surface area contributed by atoms with Crippen molar-refractivity contribution in [3.8, 4) is 0 Å². The normalized spacial score (nSPS) is 14.6. The van der Waals surface area contributed by atoms with Gasteiger partial charge in [0.05, 0.1) is 10.6 Å². The molecule has 2 aromatic rings. The summed E-state index contributed by atoms with van der Waals surface area (Å²) in [4.78, 5) is 2.25. The molecular formula is C18H21FN2O2S. The summed E-state index contributed by atoms with van der Waals surface area (Å²) in [7, 11) is -3.80. The van der Waals surface area contributed by atoms with Gasteiger partial charge in [-0.1, -0.05) is 31.5 Å². The Bertz CT molecular complexity index is 837. The van der Waals surface area contributed by atoms with Gasteiger partial charge in [0.25, 0.3) is 10.0 Å². The van der Waals surface area contributed by atoms with Crippen LogP contribution in [0.4, 0.5) is 10.1 Å². The largest absolute Gasteiger partial charge is 0.295 e. The van der Waals surface area contributed by atoms with Gasteiger partial charge in [-0.2, -0.15) is 0 Å². The standard InChI is InChI=1S/C18H21FN2O2S/c1-2-3-10-21-12-14-6-4-9-18(17(14)13-21)20-24(22,23)16-8-5-7-15(19)11-16/h4-9,11,20H,2-3,10,12-13H2,1H3. The number of sulfonamides is 1. The summed E-state index contributed by atoms with van der Waals surface area (Å²) in [5, 5.41) is 0. The van der Waals surface area contributed by atoms with Crippen molar-refractivity contribution < 1.29 is 12.8 Å². The molecule has 6 heteroatoms. The molecule has 0 atom stereocenters. The number of hydrogen-bond acceptors (Lipinski definition) is 3. The second kappa shape index (κ2) is 6.91. The highest BCUT2D eigenvalue weighted by Crippen LogP contribution is 2.31. The summed E-state index contributed by atoms with van der Waals surface area (Å²) < 4.78 is 41.0. The maximum Gasteiger partial charge on any atom is 0.262 e. The fourth-order valence-electron chi connectivity index (χ4n) is 2.96. The van der Waals surface area contributed by atoms with Crippen molar-refractivity contribution in [3.05, 3.63) is 59.4 Å². The van der Waals surface area contributed by atoms with Crippen molar-refractivity contribution in [2.45, 2.75) is 37.8 Å². The Labute approximate surface area is 142 Å². The van der Waals surface area contributed by atoms with Crippen LogP contribution >= 0.6 is 0 Å². The number of unbranched alkanes of at least 4 members (excludes halogenated alkanes) is 1. The Morgan fingerprint density at radius 1 is 1.17 bits per heavy atom. The van der Waals surface area contributed by atoms with Gasteiger partial charge < -0.3 is 0 Å². The van der Waals surface area contributed by atoms with E-state index >= 15 is 0 Å². The van der Waals surface area contributed by atoms with E-state index in [1.54, 1.807) is 6.07 Å². The second-order valence-corrected chi connectivity index (χ2v) is 7.75. The Balaban J connectivity index is 1.84. The van der Waals surface area contributed by atoms with E-state index in [2.05, 4.69) is 16.5 Å². The molecular weight excluding hydrogens is 327 g/mol. The van der Waals surface area contributed by atoms with Crippen LogP contribution in [0.1, 0.15) is 30.9 Å². The maximum absolute atomic E-state index is 13.3. The summed E-state index contributed by atoms with van der Waals surface area (Å²) in [5.74, 6) is -0.568. The van der Waals surface area contributed by atoms with Gasteiger partial charge in [0.15, 0.2) is 0 Å². The first-order valence-corrected chi connectivity index (χ1v) is 9.59. The molecule has 1 aliphatic heterocycles. The molecule has 0 radical (unpaired) electrons. The van der Waals surface area contributed by atoms with Crippen molar-refractivity contribution in [2.24, 2.45) is 0 Å². The van der Waals surface area contributed by atoms with Crippen molar-refractivity contribution in [1.29, 1.82) is 0 Å². The molecule has 1 N–H and O–H groups in total. The van der Waals surface area contributed by atoms with Crippen molar-refractivity contribution >= 4 is 15.7 Å². The number of hydrogen-bond donors (Lipinski definition) is 1. The Morgan fingerprint density at radius 3 is 2.71 bits per heavy atom. The quantitative estimate of drug-likeness (QED) is 0.865. The fourth-order valence-corrected chi connectivity index (χ4v) is 4.09. The van der Waals surface area contributed by atoms with Gasteiger partial charge in [-0.3, -0.25) is 9.62 Å². The lowest BCUT2D eigenvalue weighted by Crippen LogP contribution is -2.18. The van der Waals surface area contributed by atoms with Crippen LogP contribution in [-0.2, 0) is 23.1 Å². The first-order chi connectivity index (χ1) is 11.5. The molecule has 1 aliphatic rings. The highest BCUT2D eigenvalue weighted by molar-refractivity contribution is 7.92. The highest BCUT2D eigenvalue weighted by atomic mass is 32.2. The third-order valence-electron chi connectivity index (χ3n) is 4.23. The van der Waals surface area contributed by atoms with Crippen LogP contribution < -0.4 is 4.72 Å². The summed E-state index contributed by atoms with van der Waals surface area (Å²) in [6, 6.07) is 10.7.